The number of hydrogen-bond donors (Lipinski definition) is 0. The molecule has 17 heavy (non-hydrogen) atoms. The molecule has 1 heterocycles. The fourth-order valence-corrected chi connectivity index (χ4v) is 1.36. The molecule has 0 aliphatic rings. The van der Waals surface area contributed by atoms with Crippen molar-refractivity contribution in [1.29, 1.82) is 0 Å². The number of aromatic nitrogens is 1. The molecule has 5 nitrogen and oxygen atoms in total. The summed E-state index contributed by atoms with van der Waals surface area (Å²) >= 11 is 5.62. The van der Waals surface area contributed by atoms with Crippen LogP contribution >= 0.6 is 11.6 Å². The van der Waals surface area contributed by atoms with Crippen LogP contribution in [0.2, 0.25) is 5.15 Å². The van der Waals surface area contributed by atoms with E-state index in [2.05, 4.69) is 4.98 Å². The molecule has 0 N–H and O–H groups in total. The zero-order chi connectivity index (χ0) is 12.3. The molecule has 0 aliphatic carbocycles. The number of nitro groups is 1. The average Bonchev–Trinajstić information content (AvgIpc) is 2.32. The van der Waals surface area contributed by atoms with Gasteiger partial charge >= 0.3 is 5.69 Å². The molecule has 86 valence electrons. The number of nitro benzene ring substituents is 1. The van der Waals surface area contributed by atoms with E-state index in [-0.39, 0.29) is 11.4 Å². The van der Waals surface area contributed by atoms with E-state index in [1.54, 1.807) is 24.3 Å². The van der Waals surface area contributed by atoms with E-state index in [1.807, 2.05) is 0 Å². The van der Waals surface area contributed by atoms with Gasteiger partial charge in [0.2, 0.25) is 5.75 Å². The Labute approximate surface area is 102 Å². The first-order chi connectivity index (χ1) is 8.16. The number of ether oxygens (including phenoxy) is 1. The zero-order valence-electron chi connectivity index (χ0n) is 8.54. The summed E-state index contributed by atoms with van der Waals surface area (Å²) in [5, 5.41) is 11.1. The summed E-state index contributed by atoms with van der Waals surface area (Å²) in [7, 11) is 0. The molecule has 0 amide bonds. The highest BCUT2D eigenvalue weighted by molar-refractivity contribution is 6.29. The molecule has 2 aromatic rings. The Hall–Kier alpha value is -2.14. The maximum atomic E-state index is 10.8. The monoisotopic (exact) mass is 250 g/mol. The van der Waals surface area contributed by atoms with Gasteiger partial charge in [0, 0.05) is 6.07 Å². The van der Waals surface area contributed by atoms with Crippen LogP contribution in [0.3, 0.4) is 0 Å². The molecule has 0 fully saturated rings. The van der Waals surface area contributed by atoms with E-state index < -0.39 is 4.92 Å². The third kappa shape index (κ3) is 2.70. The molecule has 6 heteroatoms. The fraction of sp³-hybridized carbons (Fsp3) is 0. The summed E-state index contributed by atoms with van der Waals surface area (Å²) in [6.45, 7) is 0. The Morgan fingerprint density at radius 2 is 2.00 bits per heavy atom. The van der Waals surface area contributed by atoms with Crippen molar-refractivity contribution in [3.05, 3.63) is 57.9 Å². The van der Waals surface area contributed by atoms with Crippen LogP contribution in [0.4, 0.5) is 5.69 Å². The normalized spacial score (nSPS) is 9.94. The Kier molecular flexibility index (Phi) is 3.20. The van der Waals surface area contributed by atoms with Gasteiger partial charge in [-0.3, -0.25) is 10.1 Å². The largest absolute Gasteiger partial charge is 0.449 e. The number of hydrogen-bond acceptors (Lipinski definition) is 4. The summed E-state index contributed by atoms with van der Waals surface area (Å²) < 4.78 is 5.36. The highest BCUT2D eigenvalue weighted by Gasteiger charge is 2.14. The van der Waals surface area contributed by atoms with Crippen LogP contribution in [0.25, 0.3) is 0 Å². The van der Waals surface area contributed by atoms with Crippen molar-refractivity contribution in [2.75, 3.05) is 0 Å². The van der Waals surface area contributed by atoms with Crippen molar-refractivity contribution >= 4 is 17.3 Å². The van der Waals surface area contributed by atoms with Crippen LogP contribution in [0, 0.1) is 10.1 Å². The van der Waals surface area contributed by atoms with Crippen LogP contribution in [0.5, 0.6) is 11.5 Å². The van der Waals surface area contributed by atoms with Gasteiger partial charge in [0.05, 0.1) is 11.1 Å². The number of rotatable bonds is 3. The summed E-state index contributed by atoms with van der Waals surface area (Å²) in [6, 6.07) is 9.26. The van der Waals surface area contributed by atoms with Crippen molar-refractivity contribution < 1.29 is 9.66 Å². The maximum absolute atomic E-state index is 10.8. The molecular weight excluding hydrogens is 244 g/mol. The topological polar surface area (TPSA) is 65.3 Å². The number of pyridine rings is 1. The molecular formula is C11H7ClN2O3. The lowest BCUT2D eigenvalue weighted by atomic mass is 10.3. The van der Waals surface area contributed by atoms with Gasteiger partial charge in [0.1, 0.15) is 10.9 Å². The third-order valence-corrected chi connectivity index (χ3v) is 2.21. The predicted octanol–water partition coefficient (Wildman–Crippen LogP) is 3.44. The van der Waals surface area contributed by atoms with E-state index in [9.17, 15) is 10.1 Å². The number of nitrogens with zero attached hydrogens (tertiary/aromatic N) is 2. The average molecular weight is 251 g/mol. The minimum atomic E-state index is -0.501. The van der Waals surface area contributed by atoms with Gasteiger partial charge in [-0.25, -0.2) is 4.98 Å². The molecule has 1 aromatic carbocycles. The van der Waals surface area contributed by atoms with Crippen LogP contribution in [-0.2, 0) is 0 Å². The molecule has 0 unspecified atom stereocenters. The van der Waals surface area contributed by atoms with Gasteiger partial charge in [-0.15, -0.1) is 0 Å². The Balaban J connectivity index is 2.30. The van der Waals surface area contributed by atoms with Crippen molar-refractivity contribution in [3.63, 3.8) is 0 Å². The van der Waals surface area contributed by atoms with Gasteiger partial charge in [-0.1, -0.05) is 23.7 Å². The molecule has 0 spiro atoms. The lowest BCUT2D eigenvalue weighted by molar-refractivity contribution is -0.385. The summed E-state index contributed by atoms with van der Waals surface area (Å²) in [4.78, 5) is 14.1. The van der Waals surface area contributed by atoms with Gasteiger partial charge in [0.25, 0.3) is 0 Å². The molecule has 0 saturated carbocycles. The molecule has 0 radical (unpaired) electrons. The molecule has 2 rings (SSSR count). The highest BCUT2D eigenvalue weighted by atomic mass is 35.5. The molecule has 0 saturated heterocycles. The van der Waals surface area contributed by atoms with Crippen molar-refractivity contribution in [3.8, 4) is 11.5 Å². The van der Waals surface area contributed by atoms with Crippen molar-refractivity contribution in [1.82, 2.24) is 4.98 Å². The lowest BCUT2D eigenvalue weighted by Gasteiger charge is -2.05. The van der Waals surface area contributed by atoms with E-state index in [0.29, 0.717) is 10.9 Å². The first-order valence-corrected chi connectivity index (χ1v) is 5.07. The summed E-state index contributed by atoms with van der Waals surface area (Å²) in [6.07, 6.45) is 1.40. The van der Waals surface area contributed by atoms with E-state index in [1.165, 1.54) is 18.3 Å². The van der Waals surface area contributed by atoms with Crippen LogP contribution in [0.1, 0.15) is 0 Å². The molecule has 1 aromatic heterocycles. The van der Waals surface area contributed by atoms with Gasteiger partial charge < -0.3 is 4.74 Å². The Morgan fingerprint density at radius 3 is 2.65 bits per heavy atom. The minimum absolute atomic E-state index is 0.0950. The van der Waals surface area contributed by atoms with Crippen LogP contribution < -0.4 is 4.74 Å². The Bertz CT molecular complexity index is 543. The molecule has 0 atom stereocenters. The van der Waals surface area contributed by atoms with Gasteiger partial charge in [-0.2, -0.15) is 0 Å². The molecule has 0 aliphatic heterocycles. The Morgan fingerprint density at radius 1 is 1.24 bits per heavy atom. The predicted molar refractivity (Wildman–Crippen MR) is 62.4 cm³/mol. The van der Waals surface area contributed by atoms with E-state index in [4.69, 9.17) is 16.3 Å². The quantitative estimate of drug-likeness (QED) is 0.475. The van der Waals surface area contributed by atoms with Crippen LogP contribution in [-0.4, -0.2) is 9.91 Å². The number of benzene rings is 1. The fourth-order valence-electron chi connectivity index (χ4n) is 1.24. The van der Waals surface area contributed by atoms with Crippen molar-refractivity contribution in [2.24, 2.45) is 0 Å². The minimum Gasteiger partial charge on any atom is -0.449 e. The summed E-state index contributed by atoms with van der Waals surface area (Å²) in [5.74, 6) is 0.560. The first-order valence-electron chi connectivity index (χ1n) is 4.69. The highest BCUT2D eigenvalue weighted by Crippen LogP contribution is 2.30. The first kappa shape index (κ1) is 11.3. The second-order valence-electron chi connectivity index (χ2n) is 3.14. The van der Waals surface area contributed by atoms with Crippen LogP contribution in [0.15, 0.2) is 42.6 Å². The second kappa shape index (κ2) is 4.80. The van der Waals surface area contributed by atoms with Crippen molar-refractivity contribution in [2.45, 2.75) is 0 Å². The number of para-hydroxylation sites is 2. The van der Waals surface area contributed by atoms with E-state index in [0.717, 1.165) is 0 Å². The number of halogens is 1. The smallest absolute Gasteiger partial charge is 0.311 e. The SMILES string of the molecule is O=[N+]([O-])c1ccccc1Oc1ccc(Cl)nc1. The zero-order valence-corrected chi connectivity index (χ0v) is 9.29. The van der Waals surface area contributed by atoms with Gasteiger partial charge in [0.15, 0.2) is 0 Å². The van der Waals surface area contributed by atoms with Gasteiger partial charge in [-0.05, 0) is 18.2 Å². The van der Waals surface area contributed by atoms with E-state index >= 15 is 0 Å². The summed E-state index contributed by atoms with van der Waals surface area (Å²) in [5.41, 5.74) is -0.0950. The lowest BCUT2D eigenvalue weighted by Crippen LogP contribution is -1.93. The second-order valence-corrected chi connectivity index (χ2v) is 3.53. The standard InChI is InChI=1S/C11H7ClN2O3/c12-11-6-5-8(7-13-11)17-10-4-2-1-3-9(10)14(15)16/h1-7H. The third-order valence-electron chi connectivity index (χ3n) is 1.99. The molecule has 0 bridgehead atoms. The maximum Gasteiger partial charge on any atom is 0.311 e.